The van der Waals surface area contributed by atoms with Crippen LogP contribution in [0.1, 0.15) is 33.6 Å². The monoisotopic (exact) mass is 362 g/mol. The fourth-order valence-electron chi connectivity index (χ4n) is 3.61. The second-order valence-corrected chi connectivity index (χ2v) is 7.60. The summed E-state index contributed by atoms with van der Waals surface area (Å²) in [6, 6.07) is 10.7. The molecule has 0 bridgehead atoms. The molecule has 1 aliphatic carbocycles. The van der Waals surface area contributed by atoms with Crippen LogP contribution in [-0.2, 0) is 12.8 Å². The molecule has 2 heterocycles. The largest absolute Gasteiger partial charge is 0.351 e. The van der Waals surface area contributed by atoms with E-state index in [0.717, 1.165) is 37.4 Å². The van der Waals surface area contributed by atoms with Crippen molar-refractivity contribution in [2.24, 2.45) is 5.92 Å². The molecule has 0 radical (unpaired) electrons. The molecule has 2 N–H and O–H groups in total. The lowest BCUT2D eigenvalue weighted by molar-refractivity contribution is 0.0949. The first-order valence-electron chi connectivity index (χ1n) is 8.51. The predicted octanol–water partition coefficient (Wildman–Crippen LogP) is 3.66. The summed E-state index contributed by atoms with van der Waals surface area (Å²) in [4.78, 5) is 14.6. The van der Waals surface area contributed by atoms with Crippen molar-refractivity contribution in [1.82, 2.24) is 10.6 Å². The van der Waals surface area contributed by atoms with Crippen LogP contribution in [-0.4, -0.2) is 25.5 Å². The molecule has 1 unspecified atom stereocenters. The minimum Gasteiger partial charge on any atom is -0.351 e. The average molecular weight is 363 g/mol. The van der Waals surface area contributed by atoms with Gasteiger partial charge in [0.05, 0.1) is 4.88 Å². The van der Waals surface area contributed by atoms with Gasteiger partial charge in [-0.1, -0.05) is 24.3 Å². The van der Waals surface area contributed by atoms with E-state index in [9.17, 15) is 4.79 Å². The van der Waals surface area contributed by atoms with Crippen LogP contribution in [0.2, 0.25) is 0 Å². The van der Waals surface area contributed by atoms with Gasteiger partial charge in [-0.15, -0.1) is 23.7 Å². The Morgan fingerprint density at radius 2 is 2.08 bits per heavy atom. The molecule has 1 aliphatic heterocycles. The number of rotatable bonds is 3. The molecule has 24 heavy (non-hydrogen) atoms. The van der Waals surface area contributed by atoms with Gasteiger partial charge in [0.2, 0.25) is 0 Å². The van der Waals surface area contributed by atoms with E-state index in [4.69, 9.17) is 0 Å². The molecule has 0 spiro atoms. The maximum atomic E-state index is 12.5. The standard InChI is InChI=1S/C19H22N2OS.ClH/c22-19(21-12-13-4-3-9-20-11-13)17-10-15-8-7-14-5-1-2-6-16(14)18(15)23-17;/h1-2,5-6,10,13,20H,3-4,7-9,11-12H2,(H,21,22);1H. The van der Waals surface area contributed by atoms with Crippen LogP contribution in [0.4, 0.5) is 0 Å². The molecule has 1 saturated heterocycles. The third-order valence-corrected chi connectivity index (χ3v) is 6.12. The maximum Gasteiger partial charge on any atom is 0.261 e. The highest BCUT2D eigenvalue weighted by molar-refractivity contribution is 7.17. The van der Waals surface area contributed by atoms with Gasteiger partial charge in [-0.2, -0.15) is 0 Å². The lowest BCUT2D eigenvalue weighted by Crippen LogP contribution is -2.37. The Kier molecular flexibility index (Phi) is 5.59. The minimum absolute atomic E-state index is 0. The van der Waals surface area contributed by atoms with Crippen LogP contribution >= 0.6 is 23.7 Å². The third kappa shape index (κ3) is 3.51. The van der Waals surface area contributed by atoms with Crippen molar-refractivity contribution < 1.29 is 4.79 Å². The average Bonchev–Trinajstić information content (AvgIpc) is 3.05. The van der Waals surface area contributed by atoms with E-state index in [0.29, 0.717) is 5.92 Å². The third-order valence-electron chi connectivity index (χ3n) is 4.91. The summed E-state index contributed by atoms with van der Waals surface area (Å²) in [5.74, 6) is 0.662. The fourth-order valence-corrected chi connectivity index (χ4v) is 4.79. The molecule has 128 valence electrons. The Morgan fingerprint density at radius 1 is 1.25 bits per heavy atom. The first kappa shape index (κ1) is 17.5. The molecule has 2 aromatic rings. The molecule has 5 heteroatoms. The summed E-state index contributed by atoms with van der Waals surface area (Å²) < 4.78 is 0. The van der Waals surface area contributed by atoms with E-state index in [1.54, 1.807) is 11.3 Å². The zero-order chi connectivity index (χ0) is 15.6. The van der Waals surface area contributed by atoms with Crippen molar-refractivity contribution >= 4 is 29.7 Å². The van der Waals surface area contributed by atoms with Crippen molar-refractivity contribution in [3.63, 3.8) is 0 Å². The number of fused-ring (bicyclic) bond motifs is 3. The molecule has 4 rings (SSSR count). The Morgan fingerprint density at radius 3 is 2.92 bits per heavy atom. The maximum absolute atomic E-state index is 12.5. The molecule has 3 nitrogen and oxygen atoms in total. The molecule has 1 aromatic heterocycles. The van der Waals surface area contributed by atoms with Crippen LogP contribution in [0.15, 0.2) is 30.3 Å². The highest BCUT2D eigenvalue weighted by atomic mass is 35.5. The van der Waals surface area contributed by atoms with Crippen LogP contribution in [0.3, 0.4) is 0 Å². The number of aryl methyl sites for hydroxylation is 2. The molecule has 0 saturated carbocycles. The number of halogens is 1. The Bertz CT molecular complexity index is 722. The van der Waals surface area contributed by atoms with E-state index in [-0.39, 0.29) is 18.3 Å². The molecular formula is C19H23ClN2OS. The number of piperidine rings is 1. The predicted molar refractivity (Wildman–Crippen MR) is 102 cm³/mol. The molecule has 1 amide bonds. The summed E-state index contributed by atoms with van der Waals surface area (Å²) in [7, 11) is 0. The van der Waals surface area contributed by atoms with Gasteiger partial charge in [-0.25, -0.2) is 0 Å². The Hall–Kier alpha value is -1.36. The number of hydrogen-bond donors (Lipinski definition) is 2. The smallest absolute Gasteiger partial charge is 0.261 e. The summed E-state index contributed by atoms with van der Waals surface area (Å²) in [6.07, 6.45) is 4.55. The van der Waals surface area contributed by atoms with Crippen molar-refractivity contribution in [2.75, 3.05) is 19.6 Å². The number of thiophene rings is 1. The highest BCUT2D eigenvalue weighted by Gasteiger charge is 2.22. The van der Waals surface area contributed by atoms with Crippen LogP contribution in [0.25, 0.3) is 10.4 Å². The zero-order valence-corrected chi connectivity index (χ0v) is 15.3. The van der Waals surface area contributed by atoms with Crippen molar-refractivity contribution in [2.45, 2.75) is 25.7 Å². The lowest BCUT2D eigenvalue weighted by Gasteiger charge is -2.22. The second kappa shape index (κ2) is 7.68. The fraction of sp³-hybridized carbons (Fsp3) is 0.421. The quantitative estimate of drug-likeness (QED) is 0.874. The van der Waals surface area contributed by atoms with Crippen molar-refractivity contribution in [1.29, 1.82) is 0 Å². The highest BCUT2D eigenvalue weighted by Crippen LogP contribution is 2.39. The first-order chi connectivity index (χ1) is 11.3. The van der Waals surface area contributed by atoms with E-state index >= 15 is 0 Å². The Balaban J connectivity index is 0.00000169. The van der Waals surface area contributed by atoms with Crippen LogP contribution in [0, 0.1) is 5.92 Å². The molecule has 1 fully saturated rings. The van der Waals surface area contributed by atoms with Gasteiger partial charge >= 0.3 is 0 Å². The number of hydrogen-bond acceptors (Lipinski definition) is 3. The van der Waals surface area contributed by atoms with Crippen molar-refractivity contribution in [3.8, 4) is 10.4 Å². The number of carbonyl (C=O) groups excluding carboxylic acids is 1. The zero-order valence-electron chi connectivity index (χ0n) is 13.6. The number of benzene rings is 1. The minimum atomic E-state index is 0. The molecule has 1 atom stereocenters. The van der Waals surface area contributed by atoms with Gasteiger partial charge in [0, 0.05) is 11.4 Å². The second-order valence-electron chi connectivity index (χ2n) is 6.54. The summed E-state index contributed by atoms with van der Waals surface area (Å²) in [5.41, 5.74) is 4.05. The van der Waals surface area contributed by atoms with E-state index < -0.39 is 0 Å². The van der Waals surface area contributed by atoms with E-state index in [1.807, 2.05) is 0 Å². The van der Waals surface area contributed by atoms with Gasteiger partial charge in [-0.3, -0.25) is 4.79 Å². The normalized spacial score (nSPS) is 18.9. The number of amides is 1. The first-order valence-corrected chi connectivity index (χ1v) is 9.33. The van der Waals surface area contributed by atoms with E-state index in [1.165, 1.54) is 34.4 Å². The van der Waals surface area contributed by atoms with E-state index in [2.05, 4.69) is 41.0 Å². The lowest BCUT2D eigenvalue weighted by atomic mass is 9.91. The summed E-state index contributed by atoms with van der Waals surface area (Å²) in [6.45, 7) is 2.92. The Labute approximate surface area is 153 Å². The van der Waals surface area contributed by atoms with Crippen LogP contribution in [0.5, 0.6) is 0 Å². The molecule has 1 aromatic carbocycles. The van der Waals surface area contributed by atoms with Gasteiger partial charge in [-0.05, 0) is 67.4 Å². The van der Waals surface area contributed by atoms with Gasteiger partial charge in [0.1, 0.15) is 0 Å². The number of nitrogens with one attached hydrogen (secondary N) is 2. The topological polar surface area (TPSA) is 41.1 Å². The van der Waals surface area contributed by atoms with Gasteiger partial charge in [0.25, 0.3) is 5.91 Å². The summed E-state index contributed by atoms with van der Waals surface area (Å²) >= 11 is 1.65. The molecule has 2 aliphatic rings. The van der Waals surface area contributed by atoms with Gasteiger partial charge in [0.15, 0.2) is 0 Å². The SMILES string of the molecule is Cl.O=C(NCC1CCCNC1)c1cc2c(s1)-c1ccccc1CC2. The summed E-state index contributed by atoms with van der Waals surface area (Å²) in [5, 5.41) is 6.53. The van der Waals surface area contributed by atoms with Crippen molar-refractivity contribution in [3.05, 3.63) is 46.3 Å². The van der Waals surface area contributed by atoms with Crippen LogP contribution < -0.4 is 10.6 Å². The van der Waals surface area contributed by atoms with Gasteiger partial charge < -0.3 is 10.6 Å². The number of carbonyl (C=O) groups is 1. The molecular weight excluding hydrogens is 340 g/mol.